The highest BCUT2D eigenvalue weighted by Gasteiger charge is 1.97. The summed E-state index contributed by atoms with van der Waals surface area (Å²) < 4.78 is 0. The van der Waals surface area contributed by atoms with E-state index in [1.165, 1.54) is 12.8 Å². The fourth-order valence-electron chi connectivity index (χ4n) is 1.69. The third-order valence-electron chi connectivity index (χ3n) is 2.70. The molecule has 0 aliphatic rings. The van der Waals surface area contributed by atoms with Crippen LogP contribution in [0.25, 0.3) is 0 Å². The molecule has 0 spiro atoms. The van der Waals surface area contributed by atoms with Gasteiger partial charge in [0.2, 0.25) is 0 Å². The van der Waals surface area contributed by atoms with E-state index < -0.39 is 5.97 Å². The minimum Gasteiger partial charge on any atom is -0.481 e. The second-order valence-electron chi connectivity index (χ2n) is 4.31. The number of oxime groups is 1. The zero-order valence-corrected chi connectivity index (χ0v) is 10.4. The minimum atomic E-state index is -0.701. The predicted octanol–water partition coefficient (Wildman–Crippen LogP) is 2.72. The van der Waals surface area contributed by atoms with Gasteiger partial charge in [-0.25, -0.2) is 0 Å². The van der Waals surface area contributed by atoms with Crippen LogP contribution in [0.1, 0.15) is 64.2 Å². The van der Waals surface area contributed by atoms with E-state index in [1.807, 2.05) is 0 Å². The fourth-order valence-corrected chi connectivity index (χ4v) is 1.69. The van der Waals surface area contributed by atoms with Crippen LogP contribution in [0.5, 0.6) is 0 Å². The van der Waals surface area contributed by atoms with Crippen molar-refractivity contribution in [2.45, 2.75) is 64.2 Å². The quantitative estimate of drug-likeness (QED) is 0.171. The number of carboxylic acid groups (broad SMARTS) is 1. The van der Waals surface area contributed by atoms with E-state index in [9.17, 15) is 4.79 Å². The first-order valence-corrected chi connectivity index (χ1v) is 6.35. The average molecular weight is 244 g/mol. The normalized spacial score (nSPS) is 11.6. The van der Waals surface area contributed by atoms with Crippen LogP contribution in [0.3, 0.4) is 0 Å². The fraction of sp³-hybridized carbons (Fsp3) is 0.833. The lowest BCUT2D eigenvalue weighted by Gasteiger charge is -2.01. The van der Waals surface area contributed by atoms with Gasteiger partial charge in [0.15, 0.2) is 0 Å². The van der Waals surface area contributed by atoms with Crippen LogP contribution in [0.15, 0.2) is 5.16 Å². The maximum atomic E-state index is 10.2. The van der Waals surface area contributed by atoms with Crippen molar-refractivity contribution in [3.63, 3.8) is 0 Å². The molecular weight excluding hydrogens is 220 g/mol. The number of nitrogens with zero attached hydrogens (tertiary/aromatic N) is 1. The highest BCUT2D eigenvalue weighted by molar-refractivity contribution is 5.79. The van der Waals surface area contributed by atoms with E-state index in [1.54, 1.807) is 0 Å². The van der Waals surface area contributed by atoms with Crippen molar-refractivity contribution in [1.29, 1.82) is 0 Å². The second kappa shape index (κ2) is 11.2. The van der Waals surface area contributed by atoms with Gasteiger partial charge in [0.05, 0.1) is 0 Å². The summed E-state index contributed by atoms with van der Waals surface area (Å²) in [6, 6.07) is 0. The van der Waals surface area contributed by atoms with Crippen LogP contribution in [0.4, 0.5) is 0 Å². The monoisotopic (exact) mass is 244 g/mol. The van der Waals surface area contributed by atoms with Gasteiger partial charge in [-0.05, 0) is 12.8 Å². The lowest BCUT2D eigenvalue weighted by molar-refractivity contribution is -0.137. The standard InChI is InChI=1S/C12H24N2O3/c13-11(14-17)9-7-5-3-1-2-4-6-8-10-12(15)16/h17H,1-10H2,(H2,13,14)(H,15,16). The molecule has 0 rings (SSSR count). The summed E-state index contributed by atoms with van der Waals surface area (Å²) in [5.74, 6) is -0.396. The van der Waals surface area contributed by atoms with Crippen molar-refractivity contribution in [3.8, 4) is 0 Å². The van der Waals surface area contributed by atoms with Crippen LogP contribution in [-0.4, -0.2) is 22.1 Å². The summed E-state index contributed by atoms with van der Waals surface area (Å²) in [4.78, 5) is 10.2. The molecule has 100 valence electrons. The maximum Gasteiger partial charge on any atom is 0.303 e. The SMILES string of the molecule is NC(CCCCCCCCCCC(=O)O)=NO. The molecule has 0 aromatic rings. The summed E-state index contributed by atoms with van der Waals surface area (Å²) in [5, 5.41) is 19.7. The Kier molecular flexibility index (Phi) is 10.4. The lowest BCUT2D eigenvalue weighted by atomic mass is 10.1. The van der Waals surface area contributed by atoms with Crippen molar-refractivity contribution >= 4 is 11.8 Å². The zero-order valence-electron chi connectivity index (χ0n) is 10.4. The Morgan fingerprint density at radius 2 is 1.29 bits per heavy atom. The molecule has 0 aromatic carbocycles. The van der Waals surface area contributed by atoms with Gasteiger partial charge in [0.1, 0.15) is 5.84 Å². The van der Waals surface area contributed by atoms with E-state index in [0.29, 0.717) is 18.7 Å². The number of amidine groups is 1. The van der Waals surface area contributed by atoms with E-state index >= 15 is 0 Å². The van der Waals surface area contributed by atoms with Gasteiger partial charge in [0.25, 0.3) is 0 Å². The van der Waals surface area contributed by atoms with Gasteiger partial charge in [-0.3, -0.25) is 4.79 Å². The van der Waals surface area contributed by atoms with Gasteiger partial charge >= 0.3 is 5.97 Å². The van der Waals surface area contributed by atoms with Crippen LogP contribution < -0.4 is 5.73 Å². The third kappa shape index (κ3) is 12.7. The number of nitrogens with two attached hydrogens (primary N) is 1. The Morgan fingerprint density at radius 1 is 0.882 bits per heavy atom. The number of hydrogen-bond donors (Lipinski definition) is 3. The molecule has 0 bridgehead atoms. The minimum absolute atomic E-state index is 0.291. The van der Waals surface area contributed by atoms with Gasteiger partial charge in [-0.15, -0.1) is 0 Å². The maximum absolute atomic E-state index is 10.2. The molecule has 0 unspecified atom stereocenters. The second-order valence-corrected chi connectivity index (χ2v) is 4.31. The molecule has 4 N–H and O–H groups in total. The predicted molar refractivity (Wildman–Crippen MR) is 67.2 cm³/mol. The summed E-state index contributed by atoms with van der Waals surface area (Å²) in [7, 11) is 0. The summed E-state index contributed by atoms with van der Waals surface area (Å²) in [6.45, 7) is 0. The number of carbonyl (C=O) groups is 1. The van der Waals surface area contributed by atoms with E-state index in [0.717, 1.165) is 38.5 Å². The molecule has 0 fully saturated rings. The molecule has 0 atom stereocenters. The highest BCUT2D eigenvalue weighted by atomic mass is 16.4. The van der Waals surface area contributed by atoms with Gasteiger partial charge in [0, 0.05) is 12.8 Å². The summed E-state index contributed by atoms with van der Waals surface area (Å²) in [6.07, 6.45) is 9.46. The summed E-state index contributed by atoms with van der Waals surface area (Å²) in [5.41, 5.74) is 5.35. The molecule has 5 heteroatoms. The van der Waals surface area contributed by atoms with Crippen molar-refractivity contribution in [2.24, 2.45) is 10.9 Å². The molecule has 5 nitrogen and oxygen atoms in total. The van der Waals surface area contributed by atoms with Gasteiger partial charge in [-0.2, -0.15) is 0 Å². The van der Waals surface area contributed by atoms with Crippen LogP contribution in [0.2, 0.25) is 0 Å². The molecular formula is C12H24N2O3. The summed E-state index contributed by atoms with van der Waals surface area (Å²) >= 11 is 0. The first-order valence-electron chi connectivity index (χ1n) is 6.35. The first kappa shape index (κ1) is 15.7. The van der Waals surface area contributed by atoms with Crippen LogP contribution >= 0.6 is 0 Å². The molecule has 0 heterocycles. The molecule has 0 aliphatic carbocycles. The number of hydrogen-bond acceptors (Lipinski definition) is 3. The first-order chi connectivity index (χ1) is 8.16. The van der Waals surface area contributed by atoms with Crippen LogP contribution in [-0.2, 0) is 4.79 Å². The smallest absolute Gasteiger partial charge is 0.303 e. The third-order valence-corrected chi connectivity index (χ3v) is 2.70. The Morgan fingerprint density at radius 3 is 1.71 bits per heavy atom. The van der Waals surface area contributed by atoms with Gasteiger partial charge in [-0.1, -0.05) is 43.7 Å². The van der Waals surface area contributed by atoms with Crippen molar-refractivity contribution < 1.29 is 15.1 Å². The molecule has 0 aliphatic heterocycles. The Hall–Kier alpha value is -1.26. The van der Waals surface area contributed by atoms with E-state index in [2.05, 4.69) is 5.16 Å². The van der Waals surface area contributed by atoms with E-state index in [-0.39, 0.29) is 0 Å². The largest absolute Gasteiger partial charge is 0.481 e. The Bertz CT molecular complexity index is 230. The van der Waals surface area contributed by atoms with Crippen molar-refractivity contribution in [1.82, 2.24) is 0 Å². The number of carboxylic acids is 1. The molecule has 17 heavy (non-hydrogen) atoms. The molecule has 0 aromatic heterocycles. The molecule has 0 saturated carbocycles. The highest BCUT2D eigenvalue weighted by Crippen LogP contribution is 2.10. The number of aliphatic carboxylic acids is 1. The lowest BCUT2D eigenvalue weighted by Crippen LogP contribution is -2.10. The number of unbranched alkanes of at least 4 members (excludes halogenated alkanes) is 7. The van der Waals surface area contributed by atoms with Crippen molar-refractivity contribution in [2.75, 3.05) is 0 Å². The Labute approximate surface area is 103 Å². The van der Waals surface area contributed by atoms with Crippen LogP contribution in [0, 0.1) is 0 Å². The zero-order chi connectivity index (χ0) is 12.9. The molecule has 0 saturated heterocycles. The molecule has 0 radical (unpaired) electrons. The van der Waals surface area contributed by atoms with Gasteiger partial charge < -0.3 is 16.0 Å². The number of rotatable bonds is 11. The van der Waals surface area contributed by atoms with Crippen molar-refractivity contribution in [3.05, 3.63) is 0 Å². The average Bonchev–Trinajstić information content (AvgIpc) is 2.30. The van der Waals surface area contributed by atoms with E-state index in [4.69, 9.17) is 16.0 Å². The molecule has 0 amide bonds. The topological polar surface area (TPSA) is 95.9 Å². The Balaban J connectivity index is 3.06.